The Balaban J connectivity index is 3.04. The van der Waals surface area contributed by atoms with Gasteiger partial charge in [-0.15, -0.1) is 6.42 Å². The second kappa shape index (κ2) is 8.58. The number of nitrogens with zero attached hydrogens (tertiary/aromatic N) is 1. The molecule has 0 aromatic rings. The Kier molecular flexibility index (Phi) is 8.20. The molecule has 0 radical (unpaired) electrons. The van der Waals surface area contributed by atoms with Crippen LogP contribution in [0, 0.1) is 12.3 Å². The predicted molar refractivity (Wildman–Crippen MR) is 54.1 cm³/mol. The van der Waals surface area contributed by atoms with E-state index in [-0.39, 0.29) is 0 Å². The van der Waals surface area contributed by atoms with Crippen molar-refractivity contribution >= 4 is 0 Å². The van der Waals surface area contributed by atoms with Gasteiger partial charge >= 0.3 is 0 Å². The Labute approximate surface area is 76.3 Å². The first kappa shape index (κ1) is 11.5. The van der Waals surface area contributed by atoms with Crippen LogP contribution in [-0.4, -0.2) is 38.1 Å². The lowest BCUT2D eigenvalue weighted by Crippen LogP contribution is -2.24. The Bertz CT molecular complexity index is 126. The van der Waals surface area contributed by atoms with Crippen LogP contribution in [0.4, 0.5) is 0 Å². The van der Waals surface area contributed by atoms with Gasteiger partial charge in [-0.1, -0.05) is 12.8 Å². The molecule has 0 aromatic carbocycles. The standard InChI is InChI=1S/C10H20N2/c1-4-7-11-8-6-10-12(3)9-5-2/h2,11H,4,6-10H2,1,3H3. The minimum Gasteiger partial charge on any atom is -0.317 e. The lowest BCUT2D eigenvalue weighted by atomic mass is 10.3. The quantitative estimate of drug-likeness (QED) is 0.449. The molecule has 0 saturated carbocycles. The van der Waals surface area contributed by atoms with Crippen LogP contribution in [0.3, 0.4) is 0 Å². The molecule has 70 valence electrons. The molecule has 2 nitrogen and oxygen atoms in total. The predicted octanol–water partition coefficient (Wildman–Crippen LogP) is 0.941. The van der Waals surface area contributed by atoms with Crippen LogP contribution in [0.2, 0.25) is 0 Å². The average molecular weight is 168 g/mol. The Morgan fingerprint density at radius 1 is 1.42 bits per heavy atom. The molecule has 0 aliphatic rings. The Morgan fingerprint density at radius 3 is 2.75 bits per heavy atom. The smallest absolute Gasteiger partial charge is 0.0596 e. The SMILES string of the molecule is C#CCN(C)CCCNCCC. The number of hydrogen-bond donors (Lipinski definition) is 1. The molecule has 0 bridgehead atoms. The van der Waals surface area contributed by atoms with Crippen molar-refractivity contribution in [1.82, 2.24) is 10.2 Å². The van der Waals surface area contributed by atoms with Crippen LogP contribution >= 0.6 is 0 Å². The molecule has 0 rings (SSSR count). The fraction of sp³-hybridized carbons (Fsp3) is 0.800. The van der Waals surface area contributed by atoms with Gasteiger partial charge in [-0.25, -0.2) is 0 Å². The molecule has 12 heavy (non-hydrogen) atoms. The summed E-state index contributed by atoms with van der Waals surface area (Å²) in [6.07, 6.45) is 7.56. The fourth-order valence-electron chi connectivity index (χ4n) is 1.01. The number of terminal acetylenes is 1. The summed E-state index contributed by atoms with van der Waals surface area (Å²) >= 11 is 0. The normalized spacial score (nSPS) is 10.2. The van der Waals surface area contributed by atoms with Crippen molar-refractivity contribution in [2.45, 2.75) is 19.8 Å². The third-order valence-corrected chi connectivity index (χ3v) is 1.68. The second-order valence-electron chi connectivity index (χ2n) is 3.05. The molecule has 0 saturated heterocycles. The van der Waals surface area contributed by atoms with E-state index in [0.717, 1.165) is 26.2 Å². The van der Waals surface area contributed by atoms with Gasteiger partial charge in [-0.3, -0.25) is 4.90 Å². The number of nitrogens with one attached hydrogen (secondary N) is 1. The van der Waals surface area contributed by atoms with Crippen LogP contribution in [0.1, 0.15) is 19.8 Å². The maximum atomic E-state index is 5.17. The van der Waals surface area contributed by atoms with Crippen molar-refractivity contribution in [2.75, 3.05) is 33.2 Å². The molecule has 0 aliphatic carbocycles. The Hall–Kier alpha value is -0.520. The molecule has 0 unspecified atom stereocenters. The van der Waals surface area contributed by atoms with E-state index in [9.17, 15) is 0 Å². The van der Waals surface area contributed by atoms with Gasteiger partial charge in [0.15, 0.2) is 0 Å². The highest BCUT2D eigenvalue weighted by molar-refractivity contribution is 4.86. The fourth-order valence-corrected chi connectivity index (χ4v) is 1.01. The van der Waals surface area contributed by atoms with Crippen molar-refractivity contribution in [3.05, 3.63) is 0 Å². The minimum atomic E-state index is 0.758. The maximum absolute atomic E-state index is 5.17. The van der Waals surface area contributed by atoms with E-state index >= 15 is 0 Å². The first-order chi connectivity index (χ1) is 5.81. The number of hydrogen-bond acceptors (Lipinski definition) is 2. The van der Waals surface area contributed by atoms with Crippen LogP contribution in [0.25, 0.3) is 0 Å². The molecule has 0 aromatic heterocycles. The highest BCUT2D eigenvalue weighted by Crippen LogP contribution is 1.84. The minimum absolute atomic E-state index is 0.758. The van der Waals surface area contributed by atoms with Crippen LogP contribution < -0.4 is 5.32 Å². The summed E-state index contributed by atoms with van der Waals surface area (Å²) in [4.78, 5) is 2.16. The van der Waals surface area contributed by atoms with Crippen LogP contribution in [0.5, 0.6) is 0 Å². The summed E-state index contributed by atoms with van der Waals surface area (Å²) in [5.41, 5.74) is 0. The molecular formula is C10H20N2. The first-order valence-corrected chi connectivity index (χ1v) is 4.64. The topological polar surface area (TPSA) is 15.3 Å². The Morgan fingerprint density at radius 2 is 2.17 bits per heavy atom. The molecule has 0 fully saturated rings. The molecule has 0 amide bonds. The van der Waals surface area contributed by atoms with Gasteiger partial charge in [0, 0.05) is 0 Å². The average Bonchev–Trinajstić information content (AvgIpc) is 2.05. The summed E-state index contributed by atoms with van der Waals surface area (Å²) in [5.74, 6) is 2.63. The molecule has 0 aliphatic heterocycles. The third kappa shape index (κ3) is 7.59. The highest BCUT2D eigenvalue weighted by Gasteiger charge is 1.93. The van der Waals surface area contributed by atoms with E-state index in [1.54, 1.807) is 0 Å². The lowest BCUT2D eigenvalue weighted by molar-refractivity contribution is 0.365. The van der Waals surface area contributed by atoms with E-state index < -0.39 is 0 Å². The van der Waals surface area contributed by atoms with Crippen molar-refractivity contribution < 1.29 is 0 Å². The summed E-state index contributed by atoms with van der Waals surface area (Å²) < 4.78 is 0. The zero-order chi connectivity index (χ0) is 9.23. The zero-order valence-corrected chi connectivity index (χ0v) is 8.27. The van der Waals surface area contributed by atoms with Crippen molar-refractivity contribution in [1.29, 1.82) is 0 Å². The second-order valence-corrected chi connectivity index (χ2v) is 3.05. The number of rotatable bonds is 7. The van der Waals surface area contributed by atoms with Gasteiger partial charge < -0.3 is 5.32 Å². The molecule has 2 heteroatoms. The molecular weight excluding hydrogens is 148 g/mol. The van der Waals surface area contributed by atoms with Crippen molar-refractivity contribution in [3.63, 3.8) is 0 Å². The summed E-state index contributed by atoms with van der Waals surface area (Å²) in [6, 6.07) is 0. The summed E-state index contributed by atoms with van der Waals surface area (Å²) in [7, 11) is 2.06. The van der Waals surface area contributed by atoms with Crippen molar-refractivity contribution in [3.8, 4) is 12.3 Å². The van der Waals surface area contributed by atoms with Gasteiger partial charge in [-0.2, -0.15) is 0 Å². The van der Waals surface area contributed by atoms with E-state index in [1.165, 1.54) is 12.8 Å². The molecule has 0 heterocycles. The van der Waals surface area contributed by atoms with Crippen molar-refractivity contribution in [2.24, 2.45) is 0 Å². The third-order valence-electron chi connectivity index (χ3n) is 1.68. The summed E-state index contributed by atoms with van der Waals surface area (Å²) in [6.45, 7) is 6.24. The van der Waals surface area contributed by atoms with Gasteiger partial charge in [0.2, 0.25) is 0 Å². The van der Waals surface area contributed by atoms with Gasteiger partial charge in [0.05, 0.1) is 6.54 Å². The first-order valence-electron chi connectivity index (χ1n) is 4.64. The van der Waals surface area contributed by atoms with Crippen LogP contribution in [0.15, 0.2) is 0 Å². The highest BCUT2D eigenvalue weighted by atomic mass is 15.1. The van der Waals surface area contributed by atoms with E-state index in [1.807, 2.05) is 0 Å². The molecule has 0 atom stereocenters. The lowest BCUT2D eigenvalue weighted by Gasteiger charge is -2.12. The molecule has 0 spiro atoms. The van der Waals surface area contributed by atoms with E-state index in [0.29, 0.717) is 0 Å². The summed E-state index contributed by atoms with van der Waals surface area (Å²) in [5, 5.41) is 3.35. The van der Waals surface area contributed by atoms with E-state index in [4.69, 9.17) is 6.42 Å². The maximum Gasteiger partial charge on any atom is 0.0596 e. The van der Waals surface area contributed by atoms with Crippen LogP contribution in [-0.2, 0) is 0 Å². The zero-order valence-electron chi connectivity index (χ0n) is 8.27. The van der Waals surface area contributed by atoms with Gasteiger partial charge in [-0.05, 0) is 39.5 Å². The van der Waals surface area contributed by atoms with Gasteiger partial charge in [0.1, 0.15) is 0 Å². The molecule has 1 N–H and O–H groups in total. The monoisotopic (exact) mass is 168 g/mol. The largest absolute Gasteiger partial charge is 0.317 e. The van der Waals surface area contributed by atoms with Gasteiger partial charge in [0.25, 0.3) is 0 Å². The van der Waals surface area contributed by atoms with E-state index in [2.05, 4.69) is 30.1 Å².